The summed E-state index contributed by atoms with van der Waals surface area (Å²) in [5.74, 6) is 0. The van der Waals surface area contributed by atoms with Crippen molar-refractivity contribution in [1.29, 1.82) is 0 Å². The first-order valence-corrected chi connectivity index (χ1v) is 4.88. The maximum absolute atomic E-state index is 6.19. The molecule has 0 aliphatic heterocycles. The quantitative estimate of drug-likeness (QED) is 0.769. The van der Waals surface area contributed by atoms with Gasteiger partial charge < -0.3 is 5.73 Å². The highest BCUT2D eigenvalue weighted by Gasteiger charge is 2.41. The molecule has 2 N–H and O–H groups in total. The van der Waals surface area contributed by atoms with Crippen molar-refractivity contribution >= 4 is 12.2 Å². The zero-order valence-electron chi connectivity index (χ0n) is 8.29. The second kappa shape index (κ2) is 3.10. The third-order valence-corrected chi connectivity index (χ3v) is 2.89. The SMILES string of the molecule is C=Cc1cccc(C2(N)CC2)c1C=C. The molecule has 0 saturated heterocycles. The van der Waals surface area contributed by atoms with Gasteiger partial charge in [-0.2, -0.15) is 0 Å². The molecule has 2 rings (SSSR count). The summed E-state index contributed by atoms with van der Waals surface area (Å²) in [5, 5.41) is 0. The first-order valence-electron chi connectivity index (χ1n) is 4.88. The summed E-state index contributed by atoms with van der Waals surface area (Å²) in [4.78, 5) is 0. The molecule has 0 bridgehead atoms. The highest BCUT2D eigenvalue weighted by Crippen LogP contribution is 2.44. The van der Waals surface area contributed by atoms with Crippen LogP contribution in [0.15, 0.2) is 31.4 Å². The molecule has 0 spiro atoms. The number of hydrogen-bond donors (Lipinski definition) is 1. The lowest BCUT2D eigenvalue weighted by molar-refractivity contribution is 0.738. The largest absolute Gasteiger partial charge is 0.321 e. The first kappa shape index (κ1) is 9.22. The standard InChI is InChI=1S/C13H15N/c1-3-10-6-5-7-12(11(10)4-2)13(14)8-9-13/h3-7H,1-2,8-9,14H2. The van der Waals surface area contributed by atoms with Gasteiger partial charge in [0.25, 0.3) is 0 Å². The van der Waals surface area contributed by atoms with Crippen LogP contribution in [0.1, 0.15) is 29.5 Å². The van der Waals surface area contributed by atoms with E-state index in [0.717, 1.165) is 24.0 Å². The molecule has 1 aliphatic rings. The zero-order chi connectivity index (χ0) is 10.2. The number of benzene rings is 1. The summed E-state index contributed by atoms with van der Waals surface area (Å²) in [6, 6.07) is 6.17. The van der Waals surface area contributed by atoms with Gasteiger partial charge >= 0.3 is 0 Å². The average Bonchev–Trinajstić information content (AvgIpc) is 2.96. The summed E-state index contributed by atoms with van der Waals surface area (Å²) in [5.41, 5.74) is 9.56. The van der Waals surface area contributed by atoms with Gasteiger partial charge in [0, 0.05) is 5.54 Å². The van der Waals surface area contributed by atoms with Crippen molar-refractivity contribution in [2.45, 2.75) is 18.4 Å². The third-order valence-electron chi connectivity index (χ3n) is 2.89. The van der Waals surface area contributed by atoms with Crippen LogP contribution in [0.25, 0.3) is 12.2 Å². The van der Waals surface area contributed by atoms with E-state index in [4.69, 9.17) is 5.73 Å². The van der Waals surface area contributed by atoms with E-state index in [1.807, 2.05) is 24.3 Å². The Labute approximate surface area is 84.9 Å². The van der Waals surface area contributed by atoms with Crippen molar-refractivity contribution in [2.75, 3.05) is 0 Å². The lowest BCUT2D eigenvalue weighted by Gasteiger charge is -2.14. The fourth-order valence-corrected chi connectivity index (χ4v) is 1.83. The maximum atomic E-state index is 6.19. The van der Waals surface area contributed by atoms with Gasteiger partial charge in [-0.1, -0.05) is 43.5 Å². The van der Waals surface area contributed by atoms with E-state index in [2.05, 4.69) is 19.2 Å². The van der Waals surface area contributed by atoms with E-state index in [-0.39, 0.29) is 5.54 Å². The predicted octanol–water partition coefficient (Wildman–Crippen LogP) is 2.92. The molecule has 0 heterocycles. The second-order valence-corrected chi connectivity index (χ2v) is 3.87. The highest BCUT2D eigenvalue weighted by molar-refractivity contribution is 5.68. The van der Waals surface area contributed by atoms with E-state index < -0.39 is 0 Å². The van der Waals surface area contributed by atoms with E-state index in [1.54, 1.807) is 0 Å². The minimum Gasteiger partial charge on any atom is -0.321 e. The summed E-state index contributed by atoms with van der Waals surface area (Å²) < 4.78 is 0. The summed E-state index contributed by atoms with van der Waals surface area (Å²) in [6.07, 6.45) is 5.88. The predicted molar refractivity (Wildman–Crippen MR) is 61.7 cm³/mol. The van der Waals surface area contributed by atoms with Gasteiger partial charge in [-0.15, -0.1) is 0 Å². The lowest BCUT2D eigenvalue weighted by Crippen LogP contribution is -2.20. The van der Waals surface area contributed by atoms with Crippen LogP contribution in [0, 0.1) is 0 Å². The molecular formula is C13H15N. The van der Waals surface area contributed by atoms with Gasteiger partial charge in [-0.05, 0) is 29.5 Å². The van der Waals surface area contributed by atoms with Gasteiger partial charge in [-0.25, -0.2) is 0 Å². The third kappa shape index (κ3) is 1.30. The topological polar surface area (TPSA) is 26.0 Å². The molecule has 72 valence electrons. The summed E-state index contributed by atoms with van der Waals surface area (Å²) in [7, 11) is 0. The van der Waals surface area contributed by atoms with Crippen molar-refractivity contribution in [3.63, 3.8) is 0 Å². The van der Waals surface area contributed by atoms with E-state index >= 15 is 0 Å². The van der Waals surface area contributed by atoms with Crippen LogP contribution in [0.5, 0.6) is 0 Å². The van der Waals surface area contributed by atoms with E-state index in [1.165, 1.54) is 5.56 Å². The van der Waals surface area contributed by atoms with Crippen molar-refractivity contribution in [2.24, 2.45) is 5.73 Å². The molecule has 0 amide bonds. The number of hydrogen-bond acceptors (Lipinski definition) is 1. The average molecular weight is 185 g/mol. The zero-order valence-corrected chi connectivity index (χ0v) is 8.29. The maximum Gasteiger partial charge on any atom is 0.0417 e. The molecule has 1 aromatic rings. The van der Waals surface area contributed by atoms with Gasteiger partial charge in [0.1, 0.15) is 0 Å². The normalized spacial score (nSPS) is 17.5. The Morgan fingerprint density at radius 2 is 1.93 bits per heavy atom. The van der Waals surface area contributed by atoms with Crippen LogP contribution in [0.3, 0.4) is 0 Å². The van der Waals surface area contributed by atoms with Crippen molar-refractivity contribution < 1.29 is 0 Å². The molecule has 14 heavy (non-hydrogen) atoms. The van der Waals surface area contributed by atoms with E-state index in [9.17, 15) is 0 Å². The van der Waals surface area contributed by atoms with Crippen molar-refractivity contribution in [3.05, 3.63) is 48.0 Å². The van der Waals surface area contributed by atoms with Gasteiger partial charge in [0.05, 0.1) is 0 Å². The first-order chi connectivity index (χ1) is 6.71. The Morgan fingerprint density at radius 1 is 1.21 bits per heavy atom. The molecule has 0 unspecified atom stereocenters. The smallest absolute Gasteiger partial charge is 0.0417 e. The van der Waals surface area contributed by atoms with Crippen molar-refractivity contribution in [1.82, 2.24) is 0 Å². The molecule has 1 aromatic carbocycles. The fraction of sp³-hybridized carbons (Fsp3) is 0.231. The molecule has 1 fully saturated rings. The van der Waals surface area contributed by atoms with E-state index in [0.29, 0.717) is 0 Å². The summed E-state index contributed by atoms with van der Waals surface area (Å²) in [6.45, 7) is 7.63. The van der Waals surface area contributed by atoms with Gasteiger partial charge in [0.15, 0.2) is 0 Å². The van der Waals surface area contributed by atoms with Gasteiger partial charge in [0.2, 0.25) is 0 Å². The van der Waals surface area contributed by atoms with Crippen LogP contribution in [-0.2, 0) is 5.54 Å². The molecule has 0 radical (unpaired) electrons. The number of nitrogens with two attached hydrogens (primary N) is 1. The Hall–Kier alpha value is -1.34. The Kier molecular flexibility index (Phi) is 2.05. The summed E-state index contributed by atoms with van der Waals surface area (Å²) >= 11 is 0. The minimum atomic E-state index is -0.0947. The molecule has 0 aromatic heterocycles. The molecule has 1 aliphatic carbocycles. The van der Waals surface area contributed by atoms with Crippen LogP contribution < -0.4 is 5.73 Å². The molecule has 1 saturated carbocycles. The second-order valence-electron chi connectivity index (χ2n) is 3.87. The van der Waals surface area contributed by atoms with Crippen LogP contribution in [0.4, 0.5) is 0 Å². The van der Waals surface area contributed by atoms with Crippen LogP contribution in [0.2, 0.25) is 0 Å². The molecule has 1 heteroatoms. The molecule has 0 atom stereocenters. The fourth-order valence-electron chi connectivity index (χ4n) is 1.83. The van der Waals surface area contributed by atoms with Gasteiger partial charge in [-0.3, -0.25) is 0 Å². The molecular weight excluding hydrogens is 170 g/mol. The number of rotatable bonds is 3. The Bertz CT molecular complexity index is 386. The van der Waals surface area contributed by atoms with Crippen LogP contribution >= 0.6 is 0 Å². The monoisotopic (exact) mass is 185 g/mol. The lowest BCUT2D eigenvalue weighted by atomic mass is 9.94. The Morgan fingerprint density at radius 3 is 2.43 bits per heavy atom. The van der Waals surface area contributed by atoms with Crippen LogP contribution in [-0.4, -0.2) is 0 Å². The molecule has 1 nitrogen and oxygen atoms in total. The van der Waals surface area contributed by atoms with Crippen molar-refractivity contribution in [3.8, 4) is 0 Å². The highest BCUT2D eigenvalue weighted by atomic mass is 14.8. The Balaban J connectivity index is 2.59. The minimum absolute atomic E-state index is 0.0947.